The van der Waals surface area contributed by atoms with Crippen molar-refractivity contribution in [2.45, 2.75) is 111 Å². The minimum Gasteiger partial charge on any atom is -0.462 e. The first kappa shape index (κ1) is 30.3. The van der Waals surface area contributed by atoms with Gasteiger partial charge >= 0.3 is 5.97 Å². The van der Waals surface area contributed by atoms with Gasteiger partial charge in [0.2, 0.25) is 5.91 Å². The Labute approximate surface area is 253 Å². The maximum Gasteiger partial charge on any atom is 0.302 e. The van der Waals surface area contributed by atoms with Crippen LogP contribution in [0, 0.1) is 52.3 Å². The number of halogens is 1. The van der Waals surface area contributed by atoms with Gasteiger partial charge in [0.15, 0.2) is 0 Å². The number of ether oxygens (including phenoxy) is 1. The summed E-state index contributed by atoms with van der Waals surface area (Å²) in [6, 6.07) is 4.20. The number of hydrogen-bond acceptors (Lipinski definition) is 5. The minimum absolute atomic E-state index is 0.0288. The van der Waals surface area contributed by atoms with Crippen LogP contribution < -0.4 is 5.32 Å². The Balaban J connectivity index is 1.32. The average Bonchev–Trinajstić information content (AvgIpc) is 3.45. The van der Waals surface area contributed by atoms with Crippen molar-refractivity contribution in [3.63, 3.8) is 0 Å². The molecule has 40 heavy (non-hydrogen) atoms. The molecule has 0 spiro atoms. The topological polar surface area (TPSA) is 72.5 Å². The molecule has 222 valence electrons. The summed E-state index contributed by atoms with van der Waals surface area (Å²) in [5.74, 6) is 3.08. The number of nitrogens with one attached hydrogen (secondary N) is 1. The smallest absolute Gasteiger partial charge is 0.302 e. The van der Waals surface area contributed by atoms with Gasteiger partial charge in [-0.05, 0) is 113 Å². The molecular formula is C33H48BrNO4S. The Kier molecular flexibility index (Phi) is 8.67. The van der Waals surface area contributed by atoms with E-state index in [4.69, 9.17) is 4.74 Å². The summed E-state index contributed by atoms with van der Waals surface area (Å²) in [6.07, 6.45) is 8.18. The lowest BCUT2D eigenvalue weighted by atomic mass is 9.43. The first-order chi connectivity index (χ1) is 18.8. The Hall–Kier alpha value is -1.21. The number of rotatable bonds is 7. The van der Waals surface area contributed by atoms with E-state index < -0.39 is 0 Å². The maximum atomic E-state index is 13.4. The minimum atomic E-state index is -0.196. The summed E-state index contributed by atoms with van der Waals surface area (Å²) in [4.78, 5) is 39.3. The highest BCUT2D eigenvalue weighted by Crippen LogP contribution is 2.68. The van der Waals surface area contributed by atoms with Gasteiger partial charge in [-0.2, -0.15) is 0 Å². The van der Waals surface area contributed by atoms with Crippen molar-refractivity contribution in [2.24, 2.45) is 52.3 Å². The number of ketones is 1. The lowest BCUT2D eigenvalue weighted by Crippen LogP contribution is -2.59. The van der Waals surface area contributed by atoms with Crippen molar-refractivity contribution >= 4 is 44.9 Å². The van der Waals surface area contributed by atoms with Gasteiger partial charge in [0.1, 0.15) is 11.9 Å². The standard InChI is InChI=1S/C33H48BrNO4S/c1-18(2)31(27-9-10-28(34)40-27)35-29(38)15-19(3)23-7-8-24-30-25(12-14-33(23,24)6)32(5)13-11-22(37)16-21(32)17-26(30)39-20(4)36/h9-10,18-19,21,23-26,30-31H,7-8,11-17H2,1-6H3,(H,35,38)/t19-,21+,23-,24+,25+,26-,30+,31-,32+,33-/m1/s1. The van der Waals surface area contributed by atoms with E-state index in [-0.39, 0.29) is 34.9 Å². The van der Waals surface area contributed by atoms with Crippen LogP contribution in [0.25, 0.3) is 0 Å². The van der Waals surface area contributed by atoms with Gasteiger partial charge in [0.25, 0.3) is 0 Å². The van der Waals surface area contributed by atoms with Crippen LogP contribution >= 0.6 is 27.3 Å². The van der Waals surface area contributed by atoms with E-state index in [1.807, 2.05) is 0 Å². The fraction of sp³-hybridized carbons (Fsp3) is 0.788. The Morgan fingerprint density at radius 3 is 2.48 bits per heavy atom. The number of esters is 1. The first-order valence-electron chi connectivity index (χ1n) is 15.6. The summed E-state index contributed by atoms with van der Waals surface area (Å²) in [7, 11) is 0. The molecule has 0 saturated heterocycles. The van der Waals surface area contributed by atoms with Crippen molar-refractivity contribution < 1.29 is 19.1 Å². The summed E-state index contributed by atoms with van der Waals surface area (Å²) in [6.45, 7) is 13.1. The van der Waals surface area contributed by atoms with E-state index in [0.29, 0.717) is 66.5 Å². The van der Waals surface area contributed by atoms with E-state index in [2.05, 4.69) is 68.0 Å². The summed E-state index contributed by atoms with van der Waals surface area (Å²) >= 11 is 5.26. The average molecular weight is 635 g/mol. The number of fused-ring (bicyclic) bond motifs is 5. The molecule has 1 heterocycles. The summed E-state index contributed by atoms with van der Waals surface area (Å²) < 4.78 is 7.19. The lowest BCUT2D eigenvalue weighted by molar-refractivity contribution is -0.189. The van der Waals surface area contributed by atoms with Crippen LogP contribution in [-0.4, -0.2) is 23.8 Å². The van der Waals surface area contributed by atoms with Gasteiger partial charge in [0, 0.05) is 37.0 Å². The zero-order valence-corrected chi connectivity index (χ0v) is 27.5. The van der Waals surface area contributed by atoms with Gasteiger partial charge in [-0.1, -0.05) is 34.6 Å². The number of thiophene rings is 1. The van der Waals surface area contributed by atoms with E-state index in [1.54, 1.807) is 11.3 Å². The van der Waals surface area contributed by atoms with Gasteiger partial charge in [0.05, 0.1) is 9.83 Å². The quantitative estimate of drug-likeness (QED) is 0.308. The van der Waals surface area contributed by atoms with Crippen LogP contribution in [0.2, 0.25) is 0 Å². The van der Waals surface area contributed by atoms with Crippen LogP contribution in [-0.2, 0) is 19.1 Å². The maximum absolute atomic E-state index is 13.4. The number of amides is 1. The normalized spacial score (nSPS) is 38.6. The van der Waals surface area contributed by atoms with Crippen LogP contribution in [0.1, 0.15) is 110 Å². The van der Waals surface area contributed by atoms with Crippen LogP contribution in [0.3, 0.4) is 0 Å². The largest absolute Gasteiger partial charge is 0.462 e. The van der Waals surface area contributed by atoms with Crippen LogP contribution in [0.5, 0.6) is 0 Å². The number of hydrogen-bond donors (Lipinski definition) is 1. The Morgan fingerprint density at radius 2 is 1.82 bits per heavy atom. The highest BCUT2D eigenvalue weighted by Gasteiger charge is 2.63. The third-order valence-corrected chi connectivity index (χ3v) is 13.7. The van der Waals surface area contributed by atoms with E-state index >= 15 is 0 Å². The third kappa shape index (κ3) is 5.47. The number of Topliss-reactive ketones (excluding diaryl/α,β-unsaturated/α-hetero) is 1. The molecule has 0 aliphatic heterocycles. The van der Waals surface area contributed by atoms with E-state index in [9.17, 15) is 14.4 Å². The van der Waals surface area contributed by atoms with Crippen LogP contribution in [0.4, 0.5) is 0 Å². The molecule has 1 aromatic heterocycles. The highest BCUT2D eigenvalue weighted by atomic mass is 79.9. The van der Waals surface area contributed by atoms with E-state index in [1.165, 1.54) is 11.8 Å². The SMILES string of the molecule is CC(=O)O[C@@H]1C[C@@H]2CC(=O)CC[C@]2(C)[C@H]2CC[C@]3(C)[C@@H]([C@H](C)CC(=O)N[C@@H](c4ccc(Br)s4)C(C)C)CC[C@H]3[C@H]12. The van der Waals surface area contributed by atoms with Crippen molar-refractivity contribution in [1.82, 2.24) is 5.32 Å². The fourth-order valence-corrected chi connectivity index (χ4v) is 11.7. The first-order valence-corrected chi connectivity index (χ1v) is 17.2. The third-order valence-electron chi connectivity index (χ3n) is 11.9. The number of carbonyl (C=O) groups is 3. The second-order valence-corrected chi connectivity index (χ2v) is 17.0. The van der Waals surface area contributed by atoms with Crippen molar-refractivity contribution in [2.75, 3.05) is 0 Å². The van der Waals surface area contributed by atoms with Crippen molar-refractivity contribution in [3.05, 3.63) is 20.8 Å². The monoisotopic (exact) mass is 633 g/mol. The van der Waals surface area contributed by atoms with Crippen LogP contribution in [0.15, 0.2) is 15.9 Å². The zero-order valence-electron chi connectivity index (χ0n) is 25.1. The lowest BCUT2D eigenvalue weighted by Gasteiger charge is -2.62. The zero-order chi connectivity index (χ0) is 29.0. The molecule has 10 atom stereocenters. The summed E-state index contributed by atoms with van der Waals surface area (Å²) in [5, 5.41) is 3.36. The second kappa shape index (κ2) is 11.5. The van der Waals surface area contributed by atoms with Crippen molar-refractivity contribution in [3.8, 4) is 0 Å². The Morgan fingerprint density at radius 1 is 1.10 bits per heavy atom. The molecule has 4 fully saturated rings. The molecule has 4 aliphatic carbocycles. The van der Waals surface area contributed by atoms with Gasteiger partial charge in [-0.3, -0.25) is 14.4 Å². The second-order valence-electron chi connectivity index (χ2n) is 14.5. The van der Waals surface area contributed by atoms with Gasteiger partial charge in [-0.15, -0.1) is 11.3 Å². The molecular weight excluding hydrogens is 586 g/mol. The predicted molar refractivity (Wildman–Crippen MR) is 163 cm³/mol. The molecule has 1 aromatic rings. The summed E-state index contributed by atoms with van der Waals surface area (Å²) in [5.41, 5.74) is 0.297. The Bertz CT molecular complexity index is 1130. The van der Waals surface area contributed by atoms with E-state index in [0.717, 1.165) is 42.3 Å². The van der Waals surface area contributed by atoms with Crippen molar-refractivity contribution in [1.29, 1.82) is 0 Å². The highest BCUT2D eigenvalue weighted by molar-refractivity contribution is 9.11. The molecule has 0 bridgehead atoms. The molecule has 0 radical (unpaired) electrons. The predicted octanol–water partition coefficient (Wildman–Crippen LogP) is 8.12. The molecule has 1 amide bonds. The van der Waals surface area contributed by atoms with Gasteiger partial charge < -0.3 is 10.1 Å². The molecule has 1 N–H and O–H groups in total. The fourth-order valence-electron chi connectivity index (χ4n) is 10.0. The molecule has 4 aliphatic rings. The molecule has 5 rings (SSSR count). The molecule has 0 aromatic carbocycles. The molecule has 7 heteroatoms. The molecule has 4 saturated carbocycles. The molecule has 0 unspecified atom stereocenters. The molecule has 5 nitrogen and oxygen atoms in total. The van der Waals surface area contributed by atoms with Gasteiger partial charge in [-0.25, -0.2) is 0 Å². The number of carbonyl (C=O) groups excluding carboxylic acids is 3.